The molecule has 0 aliphatic rings. The lowest BCUT2D eigenvalue weighted by Crippen LogP contribution is -2.06. The van der Waals surface area contributed by atoms with Crippen LogP contribution in [0.5, 0.6) is 0 Å². The lowest BCUT2D eigenvalue weighted by Gasteiger charge is -2.03. The Morgan fingerprint density at radius 2 is 1.95 bits per heavy atom. The average molecular weight is 403 g/mol. The van der Waals surface area contributed by atoms with Crippen molar-refractivity contribution in [3.8, 4) is 0 Å². The molecule has 4 nitrogen and oxygen atoms in total. The SMILES string of the molecule is CC(=O)CCCOC(=O)c1c[nH]c2cc(Br)c(Br)cc12. The molecule has 20 heavy (non-hydrogen) atoms. The number of H-pyrrole nitrogens is 1. The van der Waals surface area contributed by atoms with Gasteiger partial charge < -0.3 is 14.5 Å². The number of carbonyl (C=O) groups is 2. The van der Waals surface area contributed by atoms with Crippen LogP contribution in [0.15, 0.2) is 27.3 Å². The predicted molar refractivity (Wildman–Crippen MR) is 83.9 cm³/mol. The van der Waals surface area contributed by atoms with Crippen molar-refractivity contribution in [3.63, 3.8) is 0 Å². The minimum atomic E-state index is -0.381. The van der Waals surface area contributed by atoms with E-state index in [1.807, 2.05) is 12.1 Å². The van der Waals surface area contributed by atoms with E-state index in [1.165, 1.54) is 6.92 Å². The highest BCUT2D eigenvalue weighted by molar-refractivity contribution is 9.13. The number of esters is 1. The summed E-state index contributed by atoms with van der Waals surface area (Å²) in [6.45, 7) is 1.78. The van der Waals surface area contributed by atoms with Crippen molar-refractivity contribution in [1.29, 1.82) is 0 Å². The van der Waals surface area contributed by atoms with Crippen molar-refractivity contribution in [2.45, 2.75) is 19.8 Å². The smallest absolute Gasteiger partial charge is 0.340 e. The zero-order valence-corrected chi connectivity index (χ0v) is 14.0. The fraction of sp³-hybridized carbons (Fsp3) is 0.286. The molecule has 0 saturated carbocycles. The second kappa shape index (κ2) is 6.54. The fourth-order valence-corrected chi connectivity index (χ4v) is 2.54. The Balaban J connectivity index is 2.10. The normalized spacial score (nSPS) is 10.8. The van der Waals surface area contributed by atoms with Crippen LogP contribution in [0.3, 0.4) is 0 Å². The first-order chi connectivity index (χ1) is 9.49. The Labute approximate surface area is 133 Å². The maximum Gasteiger partial charge on any atom is 0.340 e. The standard InChI is InChI=1S/C14H13Br2NO3/c1-8(18)3-2-4-20-14(19)10-7-17-13-6-12(16)11(15)5-9(10)13/h5-7,17H,2-4H2,1H3. The number of carbonyl (C=O) groups excluding carboxylic acids is 2. The van der Waals surface area contributed by atoms with E-state index in [9.17, 15) is 9.59 Å². The Kier molecular flexibility index (Phi) is 4.99. The number of rotatable bonds is 5. The molecule has 1 heterocycles. The Hall–Kier alpha value is -1.14. The van der Waals surface area contributed by atoms with Gasteiger partial charge in [-0.2, -0.15) is 0 Å². The van der Waals surface area contributed by atoms with Crippen molar-refractivity contribution in [2.75, 3.05) is 6.61 Å². The molecular weight excluding hydrogens is 390 g/mol. The van der Waals surface area contributed by atoms with Gasteiger partial charge in [-0.1, -0.05) is 0 Å². The van der Waals surface area contributed by atoms with Crippen LogP contribution in [-0.4, -0.2) is 23.3 Å². The molecule has 0 spiro atoms. The van der Waals surface area contributed by atoms with Crippen LogP contribution in [-0.2, 0) is 9.53 Å². The molecule has 0 radical (unpaired) electrons. The van der Waals surface area contributed by atoms with E-state index in [0.29, 0.717) is 18.4 Å². The first-order valence-corrected chi connectivity index (χ1v) is 7.70. The molecule has 0 bridgehead atoms. The highest BCUT2D eigenvalue weighted by atomic mass is 79.9. The summed E-state index contributed by atoms with van der Waals surface area (Å²) >= 11 is 6.83. The Morgan fingerprint density at radius 3 is 2.65 bits per heavy atom. The van der Waals surface area contributed by atoms with Gasteiger partial charge in [0.05, 0.1) is 12.2 Å². The van der Waals surface area contributed by atoms with Crippen LogP contribution in [0.2, 0.25) is 0 Å². The number of aromatic nitrogens is 1. The van der Waals surface area contributed by atoms with Gasteiger partial charge in [-0.25, -0.2) is 4.79 Å². The number of ketones is 1. The number of hydrogen-bond donors (Lipinski definition) is 1. The van der Waals surface area contributed by atoms with E-state index in [1.54, 1.807) is 6.20 Å². The van der Waals surface area contributed by atoms with Gasteiger partial charge in [-0.15, -0.1) is 0 Å². The molecule has 0 amide bonds. The average Bonchev–Trinajstić information content (AvgIpc) is 2.77. The molecule has 0 fully saturated rings. The van der Waals surface area contributed by atoms with Gasteiger partial charge in [0, 0.05) is 32.5 Å². The number of nitrogens with one attached hydrogen (secondary N) is 1. The highest BCUT2D eigenvalue weighted by Crippen LogP contribution is 2.30. The van der Waals surface area contributed by atoms with E-state index in [4.69, 9.17) is 4.74 Å². The summed E-state index contributed by atoms with van der Waals surface area (Å²) in [6, 6.07) is 3.76. The number of aromatic amines is 1. The summed E-state index contributed by atoms with van der Waals surface area (Å²) in [5, 5.41) is 0.802. The molecule has 1 aromatic heterocycles. The van der Waals surface area contributed by atoms with Gasteiger partial charge in [0.25, 0.3) is 0 Å². The summed E-state index contributed by atoms with van der Waals surface area (Å²) in [5.41, 5.74) is 1.35. The van der Waals surface area contributed by atoms with Gasteiger partial charge in [-0.05, 0) is 57.3 Å². The van der Waals surface area contributed by atoms with Crippen molar-refractivity contribution in [3.05, 3.63) is 32.8 Å². The van der Waals surface area contributed by atoms with Gasteiger partial charge >= 0.3 is 5.97 Å². The number of Topliss-reactive ketones (excluding diaryl/α,β-unsaturated/α-hetero) is 1. The number of halogens is 2. The van der Waals surface area contributed by atoms with Crippen LogP contribution >= 0.6 is 31.9 Å². The minimum Gasteiger partial charge on any atom is -0.462 e. The third kappa shape index (κ3) is 3.49. The topological polar surface area (TPSA) is 59.2 Å². The van der Waals surface area contributed by atoms with Gasteiger partial charge in [0.1, 0.15) is 5.78 Å². The van der Waals surface area contributed by atoms with E-state index >= 15 is 0 Å². The van der Waals surface area contributed by atoms with Crippen LogP contribution in [0.4, 0.5) is 0 Å². The van der Waals surface area contributed by atoms with Crippen LogP contribution < -0.4 is 0 Å². The van der Waals surface area contributed by atoms with Gasteiger partial charge in [-0.3, -0.25) is 0 Å². The first kappa shape index (κ1) is 15.3. The number of fused-ring (bicyclic) bond motifs is 1. The van der Waals surface area contributed by atoms with Crippen LogP contribution in [0.1, 0.15) is 30.1 Å². The largest absolute Gasteiger partial charge is 0.462 e. The van der Waals surface area contributed by atoms with E-state index in [2.05, 4.69) is 36.8 Å². The summed E-state index contributed by atoms with van der Waals surface area (Å²) in [7, 11) is 0. The second-order valence-corrected chi connectivity index (χ2v) is 6.16. The third-order valence-electron chi connectivity index (χ3n) is 2.85. The summed E-state index contributed by atoms with van der Waals surface area (Å²) in [4.78, 5) is 25.9. The van der Waals surface area contributed by atoms with Gasteiger partial charge in [0.2, 0.25) is 0 Å². The summed E-state index contributed by atoms with van der Waals surface area (Å²) < 4.78 is 6.96. The maximum atomic E-state index is 12.0. The van der Waals surface area contributed by atoms with Crippen molar-refractivity contribution in [2.24, 2.45) is 0 Å². The van der Waals surface area contributed by atoms with Crippen molar-refractivity contribution >= 4 is 54.5 Å². The monoisotopic (exact) mass is 401 g/mol. The molecule has 2 rings (SSSR count). The zero-order valence-electron chi connectivity index (χ0n) is 10.8. The fourth-order valence-electron chi connectivity index (χ4n) is 1.85. The predicted octanol–water partition coefficient (Wildman–Crippen LogP) is 4.22. The van der Waals surface area contributed by atoms with E-state index < -0.39 is 0 Å². The van der Waals surface area contributed by atoms with Crippen molar-refractivity contribution in [1.82, 2.24) is 4.98 Å². The summed E-state index contributed by atoms with van der Waals surface area (Å²) in [6.07, 6.45) is 2.62. The lowest BCUT2D eigenvalue weighted by molar-refractivity contribution is -0.117. The molecule has 1 aromatic carbocycles. The zero-order chi connectivity index (χ0) is 14.7. The summed E-state index contributed by atoms with van der Waals surface area (Å²) in [5.74, 6) is -0.282. The highest BCUT2D eigenvalue weighted by Gasteiger charge is 2.14. The number of hydrogen-bond acceptors (Lipinski definition) is 3. The minimum absolute atomic E-state index is 0.0990. The van der Waals surface area contributed by atoms with Crippen LogP contribution in [0, 0.1) is 0 Å². The van der Waals surface area contributed by atoms with E-state index in [-0.39, 0.29) is 18.4 Å². The quantitative estimate of drug-likeness (QED) is 0.601. The molecule has 6 heteroatoms. The molecule has 2 aromatic rings. The molecular formula is C14H13Br2NO3. The molecule has 0 aliphatic heterocycles. The molecule has 0 saturated heterocycles. The Bertz CT molecular complexity index is 664. The van der Waals surface area contributed by atoms with Crippen LogP contribution in [0.25, 0.3) is 10.9 Å². The number of benzene rings is 1. The molecule has 0 aliphatic carbocycles. The Morgan fingerprint density at radius 1 is 1.25 bits per heavy atom. The number of ether oxygens (including phenoxy) is 1. The second-order valence-electron chi connectivity index (χ2n) is 4.46. The van der Waals surface area contributed by atoms with Gasteiger partial charge in [0.15, 0.2) is 0 Å². The molecule has 106 valence electrons. The molecule has 0 unspecified atom stereocenters. The lowest BCUT2D eigenvalue weighted by atomic mass is 10.2. The third-order valence-corrected chi connectivity index (χ3v) is 4.69. The molecule has 0 atom stereocenters. The van der Waals surface area contributed by atoms with Crippen molar-refractivity contribution < 1.29 is 14.3 Å². The maximum absolute atomic E-state index is 12.0. The molecule has 1 N–H and O–H groups in total. The first-order valence-electron chi connectivity index (χ1n) is 6.11. The van der Waals surface area contributed by atoms with E-state index in [0.717, 1.165) is 19.8 Å².